The standard InChI is InChI=1S/C17H25N/c1-5-7-13-16(18-4)17(14(3)6-2)15-11-9-8-10-12-15/h1,8-12,14,16-18H,6-7,13H2,2-4H3. The average Bonchev–Trinajstić information content (AvgIpc) is 2.43. The maximum Gasteiger partial charge on any atom is 0.0144 e. The lowest BCUT2D eigenvalue weighted by Crippen LogP contribution is -2.35. The summed E-state index contributed by atoms with van der Waals surface area (Å²) in [4.78, 5) is 0. The Morgan fingerprint density at radius 2 is 1.94 bits per heavy atom. The molecule has 1 rings (SSSR count). The summed E-state index contributed by atoms with van der Waals surface area (Å²) in [5.74, 6) is 3.95. The van der Waals surface area contributed by atoms with Crippen LogP contribution in [0, 0.1) is 18.3 Å². The highest BCUT2D eigenvalue weighted by molar-refractivity contribution is 5.22. The zero-order chi connectivity index (χ0) is 13.4. The lowest BCUT2D eigenvalue weighted by atomic mass is 9.78. The van der Waals surface area contributed by atoms with Crippen LogP contribution in [-0.2, 0) is 0 Å². The van der Waals surface area contributed by atoms with Crippen LogP contribution in [0.4, 0.5) is 0 Å². The highest BCUT2D eigenvalue weighted by Crippen LogP contribution is 2.31. The Labute approximate surface area is 112 Å². The van der Waals surface area contributed by atoms with Crippen molar-refractivity contribution in [2.45, 2.75) is 45.1 Å². The van der Waals surface area contributed by atoms with Gasteiger partial charge in [-0.2, -0.15) is 0 Å². The summed E-state index contributed by atoms with van der Waals surface area (Å²) in [7, 11) is 2.04. The molecular weight excluding hydrogens is 218 g/mol. The van der Waals surface area contributed by atoms with E-state index in [2.05, 4.69) is 55.4 Å². The number of nitrogens with one attached hydrogen (secondary N) is 1. The predicted molar refractivity (Wildman–Crippen MR) is 79.6 cm³/mol. The number of benzene rings is 1. The minimum absolute atomic E-state index is 0.457. The summed E-state index contributed by atoms with van der Waals surface area (Å²) in [6, 6.07) is 11.2. The molecular formula is C17H25N. The summed E-state index contributed by atoms with van der Waals surface area (Å²) < 4.78 is 0. The zero-order valence-electron chi connectivity index (χ0n) is 11.8. The van der Waals surface area contributed by atoms with Crippen LogP contribution in [0.3, 0.4) is 0 Å². The van der Waals surface area contributed by atoms with Gasteiger partial charge in [0.15, 0.2) is 0 Å². The molecule has 0 saturated heterocycles. The number of likely N-dealkylation sites (N-methyl/N-ethyl adjacent to an activating group) is 1. The van der Waals surface area contributed by atoms with E-state index in [0.29, 0.717) is 17.9 Å². The van der Waals surface area contributed by atoms with Crippen molar-refractivity contribution >= 4 is 0 Å². The van der Waals surface area contributed by atoms with Gasteiger partial charge in [0.1, 0.15) is 0 Å². The molecule has 0 radical (unpaired) electrons. The van der Waals surface area contributed by atoms with Crippen molar-refractivity contribution < 1.29 is 0 Å². The lowest BCUT2D eigenvalue weighted by Gasteiger charge is -2.31. The summed E-state index contributed by atoms with van der Waals surface area (Å²) in [5, 5.41) is 3.46. The molecule has 1 N–H and O–H groups in total. The van der Waals surface area contributed by atoms with E-state index in [1.807, 2.05) is 7.05 Å². The van der Waals surface area contributed by atoms with Crippen molar-refractivity contribution in [3.8, 4) is 12.3 Å². The molecule has 1 heteroatoms. The molecule has 0 fully saturated rings. The van der Waals surface area contributed by atoms with Gasteiger partial charge < -0.3 is 5.32 Å². The maximum absolute atomic E-state index is 5.40. The summed E-state index contributed by atoms with van der Waals surface area (Å²) in [5.41, 5.74) is 1.42. The minimum atomic E-state index is 0.457. The Hall–Kier alpha value is -1.26. The first-order valence-corrected chi connectivity index (χ1v) is 6.90. The average molecular weight is 243 g/mol. The van der Waals surface area contributed by atoms with E-state index in [0.717, 1.165) is 12.8 Å². The fourth-order valence-electron chi connectivity index (χ4n) is 2.63. The van der Waals surface area contributed by atoms with E-state index < -0.39 is 0 Å². The number of hydrogen-bond acceptors (Lipinski definition) is 1. The molecule has 98 valence electrons. The predicted octanol–water partition coefficient (Wildman–Crippen LogP) is 3.82. The largest absolute Gasteiger partial charge is 0.316 e. The highest BCUT2D eigenvalue weighted by Gasteiger charge is 2.25. The first kappa shape index (κ1) is 14.8. The fourth-order valence-corrected chi connectivity index (χ4v) is 2.63. The van der Waals surface area contributed by atoms with E-state index in [9.17, 15) is 0 Å². The van der Waals surface area contributed by atoms with E-state index in [4.69, 9.17) is 6.42 Å². The molecule has 3 atom stereocenters. The van der Waals surface area contributed by atoms with E-state index in [1.165, 1.54) is 12.0 Å². The fraction of sp³-hybridized carbons (Fsp3) is 0.529. The van der Waals surface area contributed by atoms with Gasteiger partial charge in [0, 0.05) is 18.4 Å². The van der Waals surface area contributed by atoms with Crippen molar-refractivity contribution in [3.05, 3.63) is 35.9 Å². The molecule has 0 aliphatic heterocycles. The molecule has 18 heavy (non-hydrogen) atoms. The van der Waals surface area contributed by atoms with Crippen LogP contribution in [0.2, 0.25) is 0 Å². The highest BCUT2D eigenvalue weighted by atomic mass is 14.9. The number of hydrogen-bond donors (Lipinski definition) is 1. The van der Waals surface area contributed by atoms with Crippen molar-refractivity contribution in [1.82, 2.24) is 5.32 Å². The van der Waals surface area contributed by atoms with Gasteiger partial charge in [-0.05, 0) is 24.9 Å². The van der Waals surface area contributed by atoms with E-state index in [-0.39, 0.29) is 0 Å². The second-order valence-electron chi connectivity index (χ2n) is 4.96. The van der Waals surface area contributed by atoms with Gasteiger partial charge in [0.05, 0.1) is 0 Å². The molecule has 1 nitrogen and oxygen atoms in total. The topological polar surface area (TPSA) is 12.0 Å². The summed E-state index contributed by atoms with van der Waals surface area (Å²) in [6.45, 7) is 4.59. The molecule has 0 aromatic heterocycles. The third-order valence-corrected chi connectivity index (χ3v) is 3.85. The zero-order valence-corrected chi connectivity index (χ0v) is 11.8. The van der Waals surface area contributed by atoms with Crippen LogP contribution in [0.15, 0.2) is 30.3 Å². The molecule has 0 bridgehead atoms. The third-order valence-electron chi connectivity index (χ3n) is 3.85. The van der Waals surface area contributed by atoms with Crippen LogP contribution in [-0.4, -0.2) is 13.1 Å². The lowest BCUT2D eigenvalue weighted by molar-refractivity contribution is 0.336. The van der Waals surface area contributed by atoms with Gasteiger partial charge in [-0.3, -0.25) is 0 Å². The Morgan fingerprint density at radius 1 is 1.28 bits per heavy atom. The molecule has 0 aliphatic rings. The van der Waals surface area contributed by atoms with Crippen LogP contribution >= 0.6 is 0 Å². The van der Waals surface area contributed by atoms with Gasteiger partial charge in [-0.1, -0.05) is 50.6 Å². The molecule has 1 aromatic rings. The SMILES string of the molecule is C#CCCC(NC)C(c1ccccc1)C(C)CC. The summed E-state index contributed by atoms with van der Waals surface area (Å²) in [6.07, 6.45) is 8.47. The van der Waals surface area contributed by atoms with Gasteiger partial charge in [-0.15, -0.1) is 12.3 Å². The van der Waals surface area contributed by atoms with Crippen LogP contribution in [0.25, 0.3) is 0 Å². The Morgan fingerprint density at radius 3 is 2.44 bits per heavy atom. The van der Waals surface area contributed by atoms with Gasteiger partial charge in [0.25, 0.3) is 0 Å². The first-order valence-electron chi connectivity index (χ1n) is 6.90. The Bertz CT molecular complexity index is 363. The molecule has 0 amide bonds. The van der Waals surface area contributed by atoms with Crippen LogP contribution in [0.5, 0.6) is 0 Å². The van der Waals surface area contributed by atoms with Crippen LogP contribution in [0.1, 0.15) is 44.6 Å². The maximum atomic E-state index is 5.40. The molecule has 0 heterocycles. The van der Waals surface area contributed by atoms with Crippen molar-refractivity contribution in [3.63, 3.8) is 0 Å². The number of terminal acetylenes is 1. The molecule has 0 spiro atoms. The van der Waals surface area contributed by atoms with Crippen molar-refractivity contribution in [2.24, 2.45) is 5.92 Å². The monoisotopic (exact) mass is 243 g/mol. The quantitative estimate of drug-likeness (QED) is 0.718. The van der Waals surface area contributed by atoms with Crippen LogP contribution < -0.4 is 5.32 Å². The van der Waals surface area contributed by atoms with Gasteiger partial charge >= 0.3 is 0 Å². The second kappa shape index (κ2) is 7.95. The van der Waals surface area contributed by atoms with E-state index in [1.54, 1.807) is 0 Å². The van der Waals surface area contributed by atoms with Gasteiger partial charge in [-0.25, -0.2) is 0 Å². The Balaban J connectivity index is 2.93. The van der Waals surface area contributed by atoms with Crippen molar-refractivity contribution in [2.75, 3.05) is 7.05 Å². The second-order valence-corrected chi connectivity index (χ2v) is 4.96. The minimum Gasteiger partial charge on any atom is -0.316 e. The summed E-state index contributed by atoms with van der Waals surface area (Å²) >= 11 is 0. The molecule has 1 aromatic carbocycles. The molecule has 0 saturated carbocycles. The smallest absolute Gasteiger partial charge is 0.0144 e. The normalized spacial score (nSPS) is 15.7. The van der Waals surface area contributed by atoms with Gasteiger partial charge in [0.2, 0.25) is 0 Å². The Kier molecular flexibility index (Phi) is 6.54. The number of rotatable bonds is 7. The first-order chi connectivity index (χ1) is 8.74. The molecule has 3 unspecified atom stereocenters. The van der Waals surface area contributed by atoms with E-state index >= 15 is 0 Å². The third kappa shape index (κ3) is 3.89. The van der Waals surface area contributed by atoms with Crippen molar-refractivity contribution in [1.29, 1.82) is 0 Å². The molecule has 0 aliphatic carbocycles.